The van der Waals surface area contributed by atoms with E-state index in [-0.39, 0.29) is 0 Å². The number of rotatable bonds is 3. The third-order valence-electron chi connectivity index (χ3n) is 6.26. The van der Waals surface area contributed by atoms with Crippen molar-refractivity contribution in [3.63, 3.8) is 0 Å². The van der Waals surface area contributed by atoms with Crippen LogP contribution < -0.4 is 0 Å². The fourth-order valence-electron chi connectivity index (χ4n) is 4.41. The van der Waals surface area contributed by atoms with Crippen LogP contribution in [0.2, 0.25) is 0 Å². The number of aromatic amines is 1. The Balaban J connectivity index is 1.53. The van der Waals surface area contributed by atoms with Crippen molar-refractivity contribution >= 4 is 11.0 Å². The summed E-state index contributed by atoms with van der Waals surface area (Å²) < 4.78 is 5.81. The van der Waals surface area contributed by atoms with E-state index in [0.717, 1.165) is 58.0 Å². The Bertz CT molecular complexity index is 1000. The predicted molar refractivity (Wildman–Crippen MR) is 112 cm³/mol. The number of aromatic nitrogens is 2. The van der Waals surface area contributed by atoms with Gasteiger partial charge in [0.05, 0.1) is 13.2 Å². The highest BCUT2D eigenvalue weighted by Gasteiger charge is 2.20. The normalized spacial score (nSPS) is 18.5. The molecule has 0 bridgehead atoms. The lowest BCUT2D eigenvalue weighted by molar-refractivity contribution is 0.107. The number of hydrogen-bond donors (Lipinski definition) is 1. The quantitative estimate of drug-likeness (QED) is 0.761. The average Bonchev–Trinajstić information content (AvgIpc) is 3.10. The summed E-state index contributed by atoms with van der Waals surface area (Å²) in [4.78, 5) is 12.9. The van der Waals surface area contributed by atoms with Crippen LogP contribution in [0.1, 0.15) is 22.3 Å². The molecule has 0 unspecified atom stereocenters. The minimum Gasteiger partial charge on any atom is -0.376 e. The fourth-order valence-corrected chi connectivity index (χ4v) is 4.41. The van der Waals surface area contributed by atoms with Crippen molar-refractivity contribution in [2.75, 3.05) is 39.8 Å². The number of H-pyrrole nitrogens is 1. The number of fused-ring (bicyclic) bond motifs is 2. The van der Waals surface area contributed by atoms with Crippen LogP contribution in [-0.2, 0) is 24.3 Å². The molecule has 146 valence electrons. The Hall–Kier alpha value is -2.21. The van der Waals surface area contributed by atoms with Crippen molar-refractivity contribution in [2.45, 2.75) is 26.5 Å². The summed E-state index contributed by atoms with van der Waals surface area (Å²) >= 11 is 0. The monoisotopic (exact) mass is 376 g/mol. The third-order valence-corrected chi connectivity index (χ3v) is 6.26. The van der Waals surface area contributed by atoms with Gasteiger partial charge in [-0.2, -0.15) is 0 Å². The van der Waals surface area contributed by atoms with E-state index in [1.807, 2.05) is 12.4 Å². The molecule has 4 heterocycles. The first-order chi connectivity index (χ1) is 13.7. The number of pyridine rings is 1. The highest BCUT2D eigenvalue weighted by Crippen LogP contribution is 2.31. The second-order valence-corrected chi connectivity index (χ2v) is 8.25. The summed E-state index contributed by atoms with van der Waals surface area (Å²) in [6.07, 6.45) is 5.03. The molecule has 5 rings (SSSR count). The molecule has 0 atom stereocenters. The van der Waals surface area contributed by atoms with E-state index in [1.54, 1.807) is 0 Å². The molecule has 1 fully saturated rings. The number of aryl methyl sites for hydroxylation is 1. The van der Waals surface area contributed by atoms with Crippen molar-refractivity contribution in [1.29, 1.82) is 0 Å². The minimum absolute atomic E-state index is 0.743. The molecule has 3 aromatic rings. The zero-order valence-electron chi connectivity index (χ0n) is 16.8. The maximum atomic E-state index is 5.81. The smallest absolute Gasteiger partial charge is 0.137 e. The molecule has 2 aromatic heterocycles. The van der Waals surface area contributed by atoms with Gasteiger partial charge >= 0.3 is 0 Å². The van der Waals surface area contributed by atoms with Gasteiger partial charge in [0.25, 0.3) is 0 Å². The van der Waals surface area contributed by atoms with Gasteiger partial charge < -0.3 is 14.6 Å². The zero-order chi connectivity index (χ0) is 19.1. The van der Waals surface area contributed by atoms with E-state index in [1.165, 1.54) is 38.8 Å². The largest absolute Gasteiger partial charge is 0.376 e. The van der Waals surface area contributed by atoms with Gasteiger partial charge in [-0.25, -0.2) is 4.98 Å². The molecule has 2 aliphatic heterocycles. The number of hydrogen-bond acceptors (Lipinski definition) is 4. The third kappa shape index (κ3) is 3.34. The lowest BCUT2D eigenvalue weighted by Gasteiger charge is -2.33. The standard InChI is InChI=1S/C23H28N4O/c1-16-12-24-23-21(16)11-19(13-25-23)18-9-17-3-8-28-15-22(17)20(10-18)14-27-6-4-26(2)5-7-27/h9-13H,3-8,14-15H2,1-2H3,(H,24,25). The molecule has 0 spiro atoms. The summed E-state index contributed by atoms with van der Waals surface area (Å²) in [5, 5.41) is 1.21. The highest BCUT2D eigenvalue weighted by atomic mass is 16.5. The fraction of sp³-hybridized carbons (Fsp3) is 0.435. The van der Waals surface area contributed by atoms with Crippen LogP contribution in [0.25, 0.3) is 22.2 Å². The Morgan fingerprint density at radius 3 is 2.82 bits per heavy atom. The molecule has 0 amide bonds. The van der Waals surface area contributed by atoms with Crippen molar-refractivity contribution in [3.05, 3.63) is 52.8 Å². The summed E-state index contributed by atoms with van der Waals surface area (Å²) in [7, 11) is 2.21. The van der Waals surface area contributed by atoms with Crippen LogP contribution >= 0.6 is 0 Å². The topological polar surface area (TPSA) is 44.4 Å². The predicted octanol–water partition coefficient (Wildman–Crippen LogP) is 3.36. The molecule has 28 heavy (non-hydrogen) atoms. The molecule has 0 saturated carbocycles. The molecule has 5 nitrogen and oxygen atoms in total. The van der Waals surface area contributed by atoms with Gasteiger partial charge in [-0.05, 0) is 60.3 Å². The lowest BCUT2D eigenvalue weighted by atomic mass is 9.92. The van der Waals surface area contributed by atoms with Gasteiger partial charge in [0, 0.05) is 56.1 Å². The van der Waals surface area contributed by atoms with Gasteiger partial charge in [-0.15, -0.1) is 0 Å². The molecule has 2 aliphatic rings. The number of piperazine rings is 1. The lowest BCUT2D eigenvalue weighted by Crippen LogP contribution is -2.44. The van der Waals surface area contributed by atoms with E-state index in [9.17, 15) is 0 Å². The highest BCUT2D eigenvalue weighted by molar-refractivity contribution is 5.84. The maximum Gasteiger partial charge on any atom is 0.137 e. The average molecular weight is 377 g/mol. The second kappa shape index (κ2) is 7.32. The van der Waals surface area contributed by atoms with E-state index >= 15 is 0 Å². The number of benzene rings is 1. The van der Waals surface area contributed by atoms with Crippen LogP contribution in [0.5, 0.6) is 0 Å². The van der Waals surface area contributed by atoms with E-state index < -0.39 is 0 Å². The number of likely N-dealkylation sites (N-methyl/N-ethyl adjacent to an activating group) is 1. The van der Waals surface area contributed by atoms with Crippen LogP contribution in [0.15, 0.2) is 30.6 Å². The van der Waals surface area contributed by atoms with Gasteiger partial charge in [-0.3, -0.25) is 4.90 Å². The first-order valence-corrected chi connectivity index (χ1v) is 10.2. The molecular formula is C23H28N4O. The Morgan fingerprint density at radius 1 is 1.11 bits per heavy atom. The van der Waals surface area contributed by atoms with Crippen LogP contribution in [0.4, 0.5) is 0 Å². The Kier molecular flexibility index (Phi) is 4.67. The summed E-state index contributed by atoms with van der Waals surface area (Å²) in [6, 6.07) is 7.00. The first kappa shape index (κ1) is 17.9. The van der Waals surface area contributed by atoms with Gasteiger partial charge in [0.15, 0.2) is 0 Å². The van der Waals surface area contributed by atoms with Crippen LogP contribution in [-0.4, -0.2) is 59.6 Å². The van der Waals surface area contributed by atoms with E-state index in [2.05, 4.69) is 51.9 Å². The van der Waals surface area contributed by atoms with Gasteiger partial charge in [0.2, 0.25) is 0 Å². The maximum absolute atomic E-state index is 5.81. The van der Waals surface area contributed by atoms with E-state index in [0.29, 0.717) is 0 Å². The summed E-state index contributed by atoms with van der Waals surface area (Å²) in [5.74, 6) is 0. The van der Waals surface area contributed by atoms with Gasteiger partial charge in [-0.1, -0.05) is 6.07 Å². The Morgan fingerprint density at radius 2 is 1.96 bits per heavy atom. The number of nitrogens with one attached hydrogen (secondary N) is 1. The molecule has 1 saturated heterocycles. The molecule has 0 aliphatic carbocycles. The molecule has 5 heteroatoms. The first-order valence-electron chi connectivity index (χ1n) is 10.2. The molecule has 1 N–H and O–H groups in total. The van der Waals surface area contributed by atoms with Gasteiger partial charge in [0.1, 0.15) is 5.65 Å². The van der Waals surface area contributed by atoms with Crippen molar-refractivity contribution < 1.29 is 4.74 Å². The van der Waals surface area contributed by atoms with Crippen LogP contribution in [0, 0.1) is 6.92 Å². The van der Waals surface area contributed by atoms with Crippen molar-refractivity contribution in [2.24, 2.45) is 0 Å². The zero-order valence-corrected chi connectivity index (χ0v) is 16.8. The van der Waals surface area contributed by atoms with E-state index in [4.69, 9.17) is 4.74 Å². The number of nitrogens with zero attached hydrogens (tertiary/aromatic N) is 3. The molecule has 0 radical (unpaired) electrons. The van der Waals surface area contributed by atoms with Crippen molar-refractivity contribution in [3.8, 4) is 11.1 Å². The minimum atomic E-state index is 0.743. The summed E-state index contributed by atoms with van der Waals surface area (Å²) in [6.45, 7) is 9.25. The van der Waals surface area contributed by atoms with Crippen molar-refractivity contribution in [1.82, 2.24) is 19.8 Å². The second-order valence-electron chi connectivity index (χ2n) is 8.25. The molecular weight excluding hydrogens is 348 g/mol. The molecule has 1 aromatic carbocycles. The van der Waals surface area contributed by atoms with Crippen LogP contribution in [0.3, 0.4) is 0 Å². The Labute approximate surface area is 166 Å². The SMILES string of the molecule is Cc1c[nH]c2ncc(-c3cc4c(c(CN5CCN(C)CC5)c3)COCC4)cc12. The number of ether oxygens (including phenoxy) is 1. The summed E-state index contributed by atoms with van der Waals surface area (Å²) in [5.41, 5.74) is 8.95.